The van der Waals surface area contributed by atoms with Crippen molar-refractivity contribution in [2.45, 2.75) is 51.6 Å². The lowest BCUT2D eigenvalue weighted by atomic mass is 9.76. The summed E-state index contributed by atoms with van der Waals surface area (Å²) in [6.45, 7) is 5.59. The molecule has 0 radical (unpaired) electrons. The molecule has 1 heterocycles. The molecule has 1 aromatic rings. The number of carbonyl (C=O) groups excluding carboxylic acids is 1. The first kappa shape index (κ1) is 16.0. The third kappa shape index (κ3) is 3.62. The number of likely N-dealkylation sites (N-methyl/N-ethyl adjacent to an activating group) is 1. The molecule has 1 aromatic heterocycles. The maximum atomic E-state index is 12.8. The van der Waals surface area contributed by atoms with E-state index in [1.165, 1.54) is 11.3 Å². The van der Waals surface area contributed by atoms with Crippen molar-refractivity contribution in [1.82, 2.24) is 4.90 Å². The molecule has 0 spiro atoms. The fourth-order valence-electron chi connectivity index (χ4n) is 3.05. The summed E-state index contributed by atoms with van der Waals surface area (Å²) in [6, 6.07) is 4.09. The first-order valence-corrected chi connectivity index (χ1v) is 8.88. The highest BCUT2D eigenvalue weighted by Crippen LogP contribution is 2.32. The second-order valence-corrected chi connectivity index (χ2v) is 8.43. The topological polar surface area (TPSA) is 46.3 Å². The molecule has 2 N–H and O–H groups in total. The van der Waals surface area contributed by atoms with Crippen molar-refractivity contribution >= 4 is 33.2 Å². The van der Waals surface area contributed by atoms with Crippen LogP contribution in [0.2, 0.25) is 0 Å². The second kappa shape index (κ2) is 6.58. The summed E-state index contributed by atoms with van der Waals surface area (Å²) >= 11 is 5.14. The normalized spacial score (nSPS) is 26.5. The minimum absolute atomic E-state index is 0.121. The van der Waals surface area contributed by atoms with Gasteiger partial charge in [-0.2, -0.15) is 0 Å². The average molecular weight is 359 g/mol. The van der Waals surface area contributed by atoms with Crippen LogP contribution in [-0.2, 0) is 11.3 Å². The number of thiophene rings is 1. The first-order chi connectivity index (χ1) is 9.44. The van der Waals surface area contributed by atoms with Crippen molar-refractivity contribution in [3.05, 3.63) is 20.8 Å². The maximum Gasteiger partial charge on any atom is 0.242 e. The van der Waals surface area contributed by atoms with Crippen LogP contribution >= 0.6 is 27.3 Å². The Morgan fingerprint density at radius 2 is 2.35 bits per heavy atom. The van der Waals surface area contributed by atoms with Crippen LogP contribution in [0, 0.1) is 5.92 Å². The van der Waals surface area contributed by atoms with E-state index < -0.39 is 5.54 Å². The van der Waals surface area contributed by atoms with Crippen LogP contribution in [0.1, 0.15) is 44.4 Å². The van der Waals surface area contributed by atoms with E-state index in [1.54, 1.807) is 11.3 Å². The van der Waals surface area contributed by atoms with E-state index in [9.17, 15) is 4.79 Å². The van der Waals surface area contributed by atoms with E-state index >= 15 is 0 Å². The summed E-state index contributed by atoms with van der Waals surface area (Å²) in [4.78, 5) is 15.9. The van der Waals surface area contributed by atoms with Crippen LogP contribution in [0.3, 0.4) is 0 Å². The Kier molecular flexibility index (Phi) is 5.26. The van der Waals surface area contributed by atoms with Crippen LogP contribution in [0.5, 0.6) is 0 Å². The highest BCUT2D eigenvalue weighted by atomic mass is 79.9. The van der Waals surface area contributed by atoms with Crippen molar-refractivity contribution in [3.63, 3.8) is 0 Å². The number of rotatable bonds is 4. The van der Waals surface area contributed by atoms with Gasteiger partial charge in [0.1, 0.15) is 0 Å². The SMILES string of the molecule is CCN(Cc1ccc(Br)s1)C(=O)C1(N)CCCC(C)C1. The van der Waals surface area contributed by atoms with Gasteiger partial charge < -0.3 is 10.6 Å². The molecule has 1 aliphatic carbocycles. The molecule has 2 atom stereocenters. The van der Waals surface area contributed by atoms with Gasteiger partial charge in [-0.15, -0.1) is 11.3 Å². The Morgan fingerprint density at radius 3 is 2.90 bits per heavy atom. The van der Waals surface area contributed by atoms with Gasteiger partial charge in [-0.3, -0.25) is 4.79 Å². The van der Waals surface area contributed by atoms with Crippen molar-refractivity contribution in [1.29, 1.82) is 0 Å². The fraction of sp³-hybridized carbons (Fsp3) is 0.667. The number of amides is 1. The minimum Gasteiger partial charge on any atom is -0.336 e. The van der Waals surface area contributed by atoms with Crippen molar-refractivity contribution in [2.75, 3.05) is 6.54 Å². The number of nitrogens with two attached hydrogens (primary N) is 1. The van der Waals surface area contributed by atoms with Gasteiger partial charge >= 0.3 is 0 Å². The van der Waals surface area contributed by atoms with Crippen molar-refractivity contribution in [3.8, 4) is 0 Å². The predicted molar refractivity (Wildman–Crippen MR) is 87.7 cm³/mol. The summed E-state index contributed by atoms with van der Waals surface area (Å²) in [5, 5.41) is 0. The molecule has 112 valence electrons. The Hall–Kier alpha value is -0.390. The van der Waals surface area contributed by atoms with E-state index in [2.05, 4.69) is 28.9 Å². The van der Waals surface area contributed by atoms with Gasteiger partial charge in [0.25, 0.3) is 0 Å². The van der Waals surface area contributed by atoms with Crippen molar-refractivity contribution in [2.24, 2.45) is 11.7 Å². The predicted octanol–water partition coefficient (Wildman–Crippen LogP) is 3.77. The summed E-state index contributed by atoms with van der Waals surface area (Å²) < 4.78 is 1.10. The quantitative estimate of drug-likeness (QED) is 0.890. The van der Waals surface area contributed by atoms with Crippen LogP contribution in [-0.4, -0.2) is 22.9 Å². The number of hydrogen-bond donors (Lipinski definition) is 1. The smallest absolute Gasteiger partial charge is 0.242 e. The second-order valence-electron chi connectivity index (χ2n) is 5.88. The molecule has 0 aliphatic heterocycles. The highest BCUT2D eigenvalue weighted by Gasteiger charge is 2.40. The van der Waals surface area contributed by atoms with Crippen molar-refractivity contribution < 1.29 is 4.79 Å². The number of nitrogens with zero attached hydrogens (tertiary/aromatic N) is 1. The zero-order valence-corrected chi connectivity index (χ0v) is 14.6. The largest absolute Gasteiger partial charge is 0.336 e. The summed E-state index contributed by atoms with van der Waals surface area (Å²) in [5.74, 6) is 0.670. The van der Waals surface area contributed by atoms with Gasteiger partial charge in [-0.1, -0.05) is 19.8 Å². The van der Waals surface area contributed by atoms with E-state index in [-0.39, 0.29) is 5.91 Å². The zero-order chi connectivity index (χ0) is 14.8. The van der Waals surface area contributed by atoms with Gasteiger partial charge in [-0.05, 0) is 53.7 Å². The molecule has 0 aromatic carbocycles. The zero-order valence-electron chi connectivity index (χ0n) is 12.2. The number of carbonyl (C=O) groups is 1. The summed E-state index contributed by atoms with van der Waals surface area (Å²) in [7, 11) is 0. The van der Waals surface area contributed by atoms with Crippen LogP contribution in [0.4, 0.5) is 0 Å². The molecule has 2 unspecified atom stereocenters. The number of halogens is 1. The standard InChI is InChI=1S/C15H23BrN2OS/c1-3-18(10-12-6-7-13(16)20-12)14(19)15(17)8-4-5-11(2)9-15/h6-7,11H,3-5,8-10,17H2,1-2H3. The third-order valence-corrected chi connectivity index (χ3v) is 5.71. The molecule has 1 amide bonds. The number of hydrogen-bond acceptors (Lipinski definition) is 3. The van der Waals surface area contributed by atoms with Gasteiger partial charge in [-0.25, -0.2) is 0 Å². The lowest BCUT2D eigenvalue weighted by molar-refractivity contribution is -0.139. The van der Waals surface area contributed by atoms with Gasteiger partial charge in [0.15, 0.2) is 0 Å². The molecular weight excluding hydrogens is 336 g/mol. The lowest BCUT2D eigenvalue weighted by Gasteiger charge is -2.38. The van der Waals surface area contributed by atoms with E-state index in [4.69, 9.17) is 5.73 Å². The Bertz CT molecular complexity index is 476. The molecular formula is C15H23BrN2OS. The monoisotopic (exact) mass is 358 g/mol. The molecule has 20 heavy (non-hydrogen) atoms. The maximum absolute atomic E-state index is 12.8. The van der Waals surface area contributed by atoms with E-state index in [0.717, 1.165) is 23.0 Å². The molecule has 5 heteroatoms. The molecule has 2 rings (SSSR count). The molecule has 3 nitrogen and oxygen atoms in total. The third-order valence-electron chi connectivity index (χ3n) is 4.10. The average Bonchev–Trinajstić information content (AvgIpc) is 2.80. The summed E-state index contributed by atoms with van der Waals surface area (Å²) in [6.07, 6.45) is 3.89. The van der Waals surface area contributed by atoms with Crippen LogP contribution < -0.4 is 5.73 Å². The highest BCUT2D eigenvalue weighted by molar-refractivity contribution is 9.11. The first-order valence-electron chi connectivity index (χ1n) is 7.27. The molecule has 1 aliphatic rings. The summed E-state index contributed by atoms with van der Waals surface area (Å²) in [5.41, 5.74) is 5.78. The Morgan fingerprint density at radius 1 is 1.60 bits per heavy atom. The fourth-order valence-corrected chi connectivity index (χ4v) is 4.55. The molecule has 1 fully saturated rings. The van der Waals surface area contributed by atoms with E-state index in [1.807, 2.05) is 17.9 Å². The van der Waals surface area contributed by atoms with E-state index in [0.29, 0.717) is 19.0 Å². The Balaban J connectivity index is 2.08. The molecule has 0 bridgehead atoms. The van der Waals surface area contributed by atoms with Crippen LogP contribution in [0.15, 0.2) is 15.9 Å². The van der Waals surface area contributed by atoms with Crippen LogP contribution in [0.25, 0.3) is 0 Å². The van der Waals surface area contributed by atoms with Gasteiger partial charge in [0.2, 0.25) is 5.91 Å². The molecule has 1 saturated carbocycles. The minimum atomic E-state index is -0.651. The lowest BCUT2D eigenvalue weighted by Crippen LogP contribution is -2.57. The van der Waals surface area contributed by atoms with Gasteiger partial charge in [0.05, 0.1) is 15.9 Å². The van der Waals surface area contributed by atoms with Gasteiger partial charge in [0, 0.05) is 11.4 Å². The Labute approximate surface area is 133 Å². The molecule has 0 saturated heterocycles.